The topological polar surface area (TPSA) is 165 Å². The maximum atomic E-state index is 14.9. The van der Waals surface area contributed by atoms with E-state index >= 15 is 0 Å². The average Bonchev–Trinajstić information content (AvgIpc) is 2.93. The van der Waals surface area contributed by atoms with Gasteiger partial charge >= 0.3 is 0 Å². The Kier molecular flexibility index (Phi) is 3.01. The van der Waals surface area contributed by atoms with Crippen molar-refractivity contribution in [3.8, 4) is 0 Å². The van der Waals surface area contributed by atoms with E-state index in [0.717, 1.165) is 17.6 Å². The lowest BCUT2D eigenvalue weighted by molar-refractivity contribution is -0.256. The summed E-state index contributed by atoms with van der Waals surface area (Å²) in [6, 6.07) is 0. The first kappa shape index (κ1) is 14.8. The van der Waals surface area contributed by atoms with Gasteiger partial charge in [0.2, 0.25) is 11.7 Å². The number of rotatable bonds is 2. The highest BCUT2D eigenvalue weighted by Gasteiger charge is 2.66. The Morgan fingerprint density at radius 1 is 1.50 bits per heavy atom. The summed E-state index contributed by atoms with van der Waals surface area (Å²) >= 11 is 0. The molecule has 0 amide bonds. The van der Waals surface area contributed by atoms with E-state index in [0.29, 0.717) is 0 Å². The minimum absolute atomic E-state index is 0.0407. The number of hydrogen-bond acceptors (Lipinski definition) is 9. The molecule has 2 aromatic heterocycles. The summed E-state index contributed by atoms with van der Waals surface area (Å²) in [6.07, 6.45) is -1.99. The van der Waals surface area contributed by atoms with Crippen LogP contribution < -0.4 is 11.5 Å². The maximum absolute atomic E-state index is 14.9. The van der Waals surface area contributed by atoms with Gasteiger partial charge in [-0.15, -0.1) is 5.10 Å². The maximum Gasteiger partial charge on any atom is 0.249 e. The van der Waals surface area contributed by atoms with Crippen LogP contribution in [0.3, 0.4) is 0 Å². The molecule has 1 saturated heterocycles. The minimum atomic E-state index is -2.63. The molecule has 0 aliphatic carbocycles. The summed E-state index contributed by atoms with van der Waals surface area (Å²) in [4.78, 5) is 7.60. The summed E-state index contributed by atoms with van der Waals surface area (Å²) in [5, 5.41) is 33.5. The molecule has 1 fully saturated rings. The number of nitrogen functional groups attached to an aromatic ring is 2. The number of aliphatic hydroxyl groups is 3. The molecule has 0 bridgehead atoms. The molecule has 3 heterocycles. The van der Waals surface area contributed by atoms with Crippen molar-refractivity contribution in [2.45, 2.75) is 30.6 Å². The Labute approximate surface area is 123 Å². The van der Waals surface area contributed by atoms with Crippen molar-refractivity contribution in [2.24, 2.45) is 0 Å². The number of aromatic nitrogens is 4. The zero-order valence-corrected chi connectivity index (χ0v) is 11.5. The second-order valence-electron chi connectivity index (χ2n) is 5.24. The normalized spacial score (nSPS) is 35.3. The highest BCUT2D eigenvalue weighted by atomic mass is 19.1. The molecule has 1 unspecified atom stereocenters. The first-order valence-corrected chi connectivity index (χ1v) is 6.37. The molecule has 10 nitrogen and oxygen atoms in total. The van der Waals surface area contributed by atoms with Gasteiger partial charge < -0.3 is 31.5 Å². The predicted octanol–water partition coefficient (Wildman–Crippen LogP) is -2.09. The van der Waals surface area contributed by atoms with Gasteiger partial charge in [-0.1, -0.05) is 0 Å². The number of fused-ring (bicyclic) bond motifs is 1. The van der Waals surface area contributed by atoms with Crippen LogP contribution >= 0.6 is 0 Å². The van der Waals surface area contributed by atoms with Crippen LogP contribution in [-0.4, -0.2) is 59.4 Å². The van der Waals surface area contributed by atoms with Gasteiger partial charge in [-0.3, -0.25) is 0 Å². The van der Waals surface area contributed by atoms with E-state index in [1.165, 1.54) is 0 Å². The van der Waals surface area contributed by atoms with Gasteiger partial charge in [0.05, 0.1) is 12.8 Å². The van der Waals surface area contributed by atoms with Crippen molar-refractivity contribution in [3.05, 3.63) is 11.9 Å². The molecular weight excluding hydrogens is 299 g/mol. The standard InChI is InChI=1S/C11H15FN6O4/c1-10(12)6(20)4(3-19)22-11(10,21)5-2-15-8-7(13)16-9(14)17-18(5)8/h2,4,6,19-21H,3H2,1H3,(H4,13,14,16,17)/t4-,6-,10-,11?/m1/s1. The molecule has 0 spiro atoms. The van der Waals surface area contributed by atoms with Gasteiger partial charge in [-0.2, -0.15) is 4.98 Å². The van der Waals surface area contributed by atoms with Crippen molar-refractivity contribution in [1.29, 1.82) is 0 Å². The zero-order chi connectivity index (χ0) is 16.3. The van der Waals surface area contributed by atoms with Crippen LogP contribution in [-0.2, 0) is 10.5 Å². The summed E-state index contributed by atoms with van der Waals surface area (Å²) in [7, 11) is 0. The molecular formula is C11H15FN6O4. The molecule has 7 N–H and O–H groups in total. The van der Waals surface area contributed by atoms with Crippen molar-refractivity contribution in [2.75, 3.05) is 18.1 Å². The summed E-state index contributed by atoms with van der Waals surface area (Å²) in [6.45, 7) is 0.264. The lowest BCUT2D eigenvalue weighted by Gasteiger charge is -2.31. The molecule has 1 aliphatic rings. The minimum Gasteiger partial charge on any atom is -0.394 e. The van der Waals surface area contributed by atoms with E-state index in [-0.39, 0.29) is 23.1 Å². The fourth-order valence-corrected chi connectivity index (χ4v) is 2.55. The number of alkyl halides is 1. The summed E-state index contributed by atoms with van der Waals surface area (Å²) < 4.78 is 21.0. The predicted molar refractivity (Wildman–Crippen MR) is 71.0 cm³/mol. The van der Waals surface area contributed by atoms with Gasteiger partial charge in [-0.05, 0) is 6.92 Å². The van der Waals surface area contributed by atoms with E-state index in [4.69, 9.17) is 21.3 Å². The first-order chi connectivity index (χ1) is 10.2. The number of aliphatic hydroxyl groups excluding tert-OH is 2. The van der Waals surface area contributed by atoms with Crippen LogP contribution in [0.25, 0.3) is 5.65 Å². The average molecular weight is 314 g/mol. The number of nitrogens with two attached hydrogens (primary N) is 2. The van der Waals surface area contributed by atoms with Gasteiger partial charge in [-0.25, -0.2) is 13.9 Å². The van der Waals surface area contributed by atoms with Crippen LogP contribution in [0, 0.1) is 0 Å². The molecule has 11 heteroatoms. The highest BCUT2D eigenvalue weighted by Crippen LogP contribution is 2.47. The Hall–Kier alpha value is -2.08. The van der Waals surface area contributed by atoms with Gasteiger partial charge in [0.1, 0.15) is 17.9 Å². The second kappa shape index (κ2) is 4.46. The quantitative estimate of drug-likeness (QED) is 0.418. The fraction of sp³-hybridized carbons (Fsp3) is 0.545. The third-order valence-electron chi connectivity index (χ3n) is 3.82. The Morgan fingerprint density at radius 2 is 2.18 bits per heavy atom. The highest BCUT2D eigenvalue weighted by molar-refractivity contribution is 5.61. The van der Waals surface area contributed by atoms with Crippen LogP contribution in [0.2, 0.25) is 0 Å². The summed E-state index contributed by atoms with van der Waals surface area (Å²) in [5.41, 5.74) is 8.30. The fourth-order valence-electron chi connectivity index (χ4n) is 2.55. The molecule has 4 atom stereocenters. The van der Waals surface area contributed by atoms with E-state index in [1.807, 2.05) is 0 Å². The Bertz CT molecular complexity index is 737. The number of imidazole rings is 1. The Balaban J connectivity index is 2.22. The van der Waals surface area contributed by atoms with E-state index in [9.17, 15) is 14.6 Å². The van der Waals surface area contributed by atoms with Crippen LogP contribution in [0.1, 0.15) is 12.6 Å². The van der Waals surface area contributed by atoms with E-state index < -0.39 is 30.3 Å². The van der Waals surface area contributed by atoms with Crippen molar-refractivity contribution in [3.63, 3.8) is 0 Å². The SMILES string of the molecule is C[C@@]1(F)[C@H](O)[C@@H](CO)OC1(O)c1cnc2c(N)nc(N)nn12. The molecule has 22 heavy (non-hydrogen) atoms. The number of hydrogen-bond donors (Lipinski definition) is 5. The molecule has 2 aromatic rings. The third kappa shape index (κ3) is 1.70. The number of halogens is 1. The van der Waals surface area contributed by atoms with E-state index in [2.05, 4.69) is 15.1 Å². The zero-order valence-electron chi connectivity index (χ0n) is 11.5. The molecule has 120 valence electrons. The Morgan fingerprint density at radius 3 is 2.77 bits per heavy atom. The summed E-state index contributed by atoms with van der Waals surface area (Å²) in [5.74, 6) is -2.89. The molecule has 0 aromatic carbocycles. The van der Waals surface area contributed by atoms with Crippen LogP contribution in [0.15, 0.2) is 6.20 Å². The van der Waals surface area contributed by atoms with Gasteiger partial charge in [0.25, 0.3) is 0 Å². The molecule has 1 aliphatic heterocycles. The van der Waals surface area contributed by atoms with Gasteiger partial charge in [0.15, 0.2) is 17.1 Å². The number of ether oxygens (including phenoxy) is 1. The van der Waals surface area contributed by atoms with Crippen LogP contribution in [0.4, 0.5) is 16.2 Å². The lowest BCUT2D eigenvalue weighted by Crippen LogP contribution is -2.49. The number of nitrogens with zero attached hydrogens (tertiary/aromatic N) is 4. The third-order valence-corrected chi connectivity index (χ3v) is 3.82. The molecule has 3 rings (SSSR count). The second-order valence-corrected chi connectivity index (χ2v) is 5.24. The smallest absolute Gasteiger partial charge is 0.249 e. The van der Waals surface area contributed by atoms with Crippen molar-refractivity contribution in [1.82, 2.24) is 19.6 Å². The van der Waals surface area contributed by atoms with Gasteiger partial charge in [0, 0.05) is 0 Å². The lowest BCUT2D eigenvalue weighted by atomic mass is 9.90. The van der Waals surface area contributed by atoms with Crippen LogP contribution in [0.5, 0.6) is 0 Å². The van der Waals surface area contributed by atoms with Crippen molar-refractivity contribution < 1.29 is 24.4 Å². The largest absolute Gasteiger partial charge is 0.394 e. The molecule has 0 radical (unpaired) electrons. The number of anilines is 2. The van der Waals surface area contributed by atoms with E-state index in [1.54, 1.807) is 0 Å². The molecule has 0 saturated carbocycles. The van der Waals surface area contributed by atoms with Crippen molar-refractivity contribution >= 4 is 17.4 Å². The first-order valence-electron chi connectivity index (χ1n) is 6.37. The monoisotopic (exact) mass is 314 g/mol.